The van der Waals surface area contributed by atoms with E-state index in [-0.39, 0.29) is 13.4 Å². The molecule has 122 valence electrons. The van der Waals surface area contributed by atoms with Crippen molar-refractivity contribution in [3.05, 3.63) is 18.2 Å². The first kappa shape index (κ1) is 15.4. The lowest BCUT2D eigenvalue weighted by atomic mass is 9.97. The Kier molecular flexibility index (Phi) is 4.74. The van der Waals surface area contributed by atoms with Crippen LogP contribution in [0.4, 0.5) is 0 Å². The fraction of sp³-hybridized carbons (Fsp3) is 0.647. The molecule has 0 saturated carbocycles. The molecule has 0 unspecified atom stereocenters. The van der Waals surface area contributed by atoms with Gasteiger partial charge in [0.1, 0.15) is 18.5 Å². The average Bonchev–Trinajstić information content (AvgIpc) is 2.96. The first-order valence-corrected chi connectivity index (χ1v) is 8.09. The number of ether oxygens (including phenoxy) is 3. The fourth-order valence-corrected chi connectivity index (χ4v) is 3.29. The maximum absolute atomic E-state index is 10.3. The predicted molar refractivity (Wildman–Crippen MR) is 83.5 cm³/mol. The summed E-state index contributed by atoms with van der Waals surface area (Å²) in [6.07, 6.45) is 3.21. The molecule has 3 atom stereocenters. The summed E-state index contributed by atoms with van der Waals surface area (Å²) in [7, 11) is 0. The smallest absolute Gasteiger partial charge is 0.231 e. The third-order valence-corrected chi connectivity index (χ3v) is 4.58. The highest BCUT2D eigenvalue weighted by Crippen LogP contribution is 2.35. The summed E-state index contributed by atoms with van der Waals surface area (Å²) in [4.78, 5) is 2.39. The van der Waals surface area contributed by atoms with E-state index in [1.165, 1.54) is 19.3 Å². The lowest BCUT2D eigenvalue weighted by Crippen LogP contribution is -2.48. The molecule has 2 heterocycles. The zero-order valence-corrected chi connectivity index (χ0v) is 13.3. The minimum atomic E-state index is -0.492. The van der Waals surface area contributed by atoms with Gasteiger partial charge in [-0.05, 0) is 38.8 Å². The van der Waals surface area contributed by atoms with Crippen molar-refractivity contribution in [3.8, 4) is 17.2 Å². The molecule has 1 fully saturated rings. The topological polar surface area (TPSA) is 51.2 Å². The number of aliphatic hydroxyl groups is 1. The van der Waals surface area contributed by atoms with Crippen molar-refractivity contribution in [2.45, 2.75) is 51.3 Å². The Morgan fingerprint density at radius 1 is 1.23 bits per heavy atom. The normalized spacial score (nSPS) is 26.0. The molecular formula is C17H25NO4. The zero-order valence-electron chi connectivity index (χ0n) is 13.3. The second kappa shape index (κ2) is 6.75. The predicted octanol–water partition coefficient (Wildman–Crippen LogP) is 2.42. The number of piperidine rings is 1. The highest BCUT2D eigenvalue weighted by atomic mass is 16.7. The molecule has 0 bridgehead atoms. The van der Waals surface area contributed by atoms with Gasteiger partial charge in [0.2, 0.25) is 6.79 Å². The van der Waals surface area contributed by atoms with E-state index in [0.29, 0.717) is 30.1 Å². The van der Waals surface area contributed by atoms with Crippen LogP contribution in [0.1, 0.15) is 33.1 Å². The van der Waals surface area contributed by atoms with Crippen LogP contribution < -0.4 is 14.2 Å². The number of fused-ring (bicyclic) bond motifs is 1. The Hall–Kier alpha value is -1.46. The van der Waals surface area contributed by atoms with E-state index < -0.39 is 6.10 Å². The Balaban J connectivity index is 1.50. The molecule has 0 amide bonds. The second-order valence-electron chi connectivity index (χ2n) is 6.31. The highest BCUT2D eigenvalue weighted by Gasteiger charge is 2.26. The lowest BCUT2D eigenvalue weighted by molar-refractivity contribution is 0.0208. The number of rotatable bonds is 5. The largest absolute Gasteiger partial charge is 0.491 e. The first-order chi connectivity index (χ1) is 10.6. The van der Waals surface area contributed by atoms with Crippen LogP contribution >= 0.6 is 0 Å². The van der Waals surface area contributed by atoms with Crippen molar-refractivity contribution >= 4 is 0 Å². The molecule has 5 nitrogen and oxygen atoms in total. The summed E-state index contributed by atoms with van der Waals surface area (Å²) in [5, 5.41) is 10.3. The molecule has 1 aromatic carbocycles. The van der Waals surface area contributed by atoms with Gasteiger partial charge in [-0.25, -0.2) is 0 Å². The zero-order chi connectivity index (χ0) is 15.5. The molecule has 1 saturated heterocycles. The number of hydrogen-bond acceptors (Lipinski definition) is 5. The average molecular weight is 307 g/mol. The maximum Gasteiger partial charge on any atom is 0.231 e. The van der Waals surface area contributed by atoms with Crippen LogP contribution in [0.25, 0.3) is 0 Å². The van der Waals surface area contributed by atoms with Crippen molar-refractivity contribution in [1.29, 1.82) is 0 Å². The monoisotopic (exact) mass is 307 g/mol. The summed E-state index contributed by atoms with van der Waals surface area (Å²) in [5.74, 6) is 2.14. The molecule has 1 aromatic rings. The Morgan fingerprint density at radius 2 is 1.95 bits per heavy atom. The molecule has 2 aliphatic rings. The van der Waals surface area contributed by atoms with E-state index in [1.807, 2.05) is 12.1 Å². The van der Waals surface area contributed by atoms with Crippen molar-refractivity contribution in [2.24, 2.45) is 0 Å². The number of likely N-dealkylation sites (tertiary alicyclic amines) is 1. The van der Waals surface area contributed by atoms with Crippen molar-refractivity contribution < 1.29 is 19.3 Å². The Morgan fingerprint density at radius 3 is 2.73 bits per heavy atom. The van der Waals surface area contributed by atoms with E-state index in [1.54, 1.807) is 6.07 Å². The van der Waals surface area contributed by atoms with Crippen LogP contribution in [0.15, 0.2) is 18.2 Å². The third kappa shape index (κ3) is 3.47. The van der Waals surface area contributed by atoms with Crippen LogP contribution in [-0.4, -0.2) is 48.1 Å². The highest BCUT2D eigenvalue weighted by molar-refractivity contribution is 5.46. The fourth-order valence-electron chi connectivity index (χ4n) is 3.29. The van der Waals surface area contributed by atoms with E-state index in [0.717, 1.165) is 5.75 Å². The summed E-state index contributed by atoms with van der Waals surface area (Å²) in [6, 6.07) is 6.54. The van der Waals surface area contributed by atoms with Crippen molar-refractivity contribution in [2.75, 3.05) is 19.9 Å². The molecule has 0 radical (unpaired) electrons. The lowest BCUT2D eigenvalue weighted by Gasteiger charge is -2.40. The summed E-state index contributed by atoms with van der Waals surface area (Å²) >= 11 is 0. The number of hydrogen-bond donors (Lipinski definition) is 1. The standard InChI is InChI=1S/C17H25NO4/c1-12-4-3-5-13(2)18(12)9-14(19)10-20-15-6-7-16-17(8-15)22-11-21-16/h6-8,12-14,19H,3-5,9-11H2,1-2H3/t12-,13+,14-/m1/s1. The molecule has 22 heavy (non-hydrogen) atoms. The van der Waals surface area contributed by atoms with Crippen LogP contribution in [0, 0.1) is 0 Å². The van der Waals surface area contributed by atoms with Gasteiger partial charge in [-0.1, -0.05) is 6.42 Å². The van der Waals surface area contributed by atoms with Crippen LogP contribution in [0.3, 0.4) is 0 Å². The van der Waals surface area contributed by atoms with Crippen molar-refractivity contribution in [3.63, 3.8) is 0 Å². The van der Waals surface area contributed by atoms with E-state index in [9.17, 15) is 5.11 Å². The molecule has 0 aromatic heterocycles. The van der Waals surface area contributed by atoms with Gasteiger partial charge in [-0.2, -0.15) is 0 Å². The number of aliphatic hydroxyl groups excluding tert-OH is 1. The van der Waals surface area contributed by atoms with Gasteiger partial charge in [-0.3, -0.25) is 4.90 Å². The molecule has 2 aliphatic heterocycles. The number of nitrogens with zero attached hydrogens (tertiary/aromatic N) is 1. The molecule has 1 N–H and O–H groups in total. The maximum atomic E-state index is 10.3. The van der Waals surface area contributed by atoms with E-state index >= 15 is 0 Å². The minimum absolute atomic E-state index is 0.256. The summed E-state index contributed by atoms with van der Waals surface area (Å²) in [6.45, 7) is 5.68. The van der Waals surface area contributed by atoms with Gasteiger partial charge >= 0.3 is 0 Å². The number of β-amino-alcohol motifs (C(OH)–C–C–N with tert-alkyl or cyclic N) is 1. The molecular weight excluding hydrogens is 282 g/mol. The summed E-state index contributed by atoms with van der Waals surface area (Å²) < 4.78 is 16.3. The Bertz CT molecular complexity index is 497. The van der Waals surface area contributed by atoms with Crippen molar-refractivity contribution in [1.82, 2.24) is 4.90 Å². The van der Waals surface area contributed by atoms with Crippen LogP contribution in [0.2, 0.25) is 0 Å². The number of benzene rings is 1. The van der Waals surface area contributed by atoms with Crippen LogP contribution in [-0.2, 0) is 0 Å². The van der Waals surface area contributed by atoms with Gasteiger partial charge in [0.15, 0.2) is 11.5 Å². The Labute approximate surface area is 131 Å². The molecule has 5 heteroatoms. The van der Waals surface area contributed by atoms with Gasteiger partial charge in [0, 0.05) is 24.7 Å². The second-order valence-corrected chi connectivity index (χ2v) is 6.31. The summed E-state index contributed by atoms with van der Waals surface area (Å²) in [5.41, 5.74) is 0. The quantitative estimate of drug-likeness (QED) is 0.905. The minimum Gasteiger partial charge on any atom is -0.491 e. The molecule has 0 aliphatic carbocycles. The third-order valence-electron chi connectivity index (χ3n) is 4.58. The van der Waals surface area contributed by atoms with Gasteiger partial charge < -0.3 is 19.3 Å². The van der Waals surface area contributed by atoms with E-state index in [2.05, 4.69) is 18.7 Å². The van der Waals surface area contributed by atoms with Gasteiger partial charge in [0.05, 0.1) is 0 Å². The molecule has 0 spiro atoms. The SMILES string of the molecule is C[C@@H]1CCC[C@H](C)N1C[C@@H](O)COc1ccc2c(c1)OCO2. The first-order valence-electron chi connectivity index (χ1n) is 8.09. The molecule has 3 rings (SSSR count). The van der Waals surface area contributed by atoms with Gasteiger partial charge in [0.25, 0.3) is 0 Å². The van der Waals surface area contributed by atoms with Crippen LogP contribution in [0.5, 0.6) is 17.2 Å². The van der Waals surface area contributed by atoms with E-state index in [4.69, 9.17) is 14.2 Å². The van der Waals surface area contributed by atoms with Gasteiger partial charge in [-0.15, -0.1) is 0 Å².